The monoisotopic (exact) mass is 371 g/mol. The van der Waals surface area contributed by atoms with Gasteiger partial charge < -0.3 is 4.90 Å². The summed E-state index contributed by atoms with van der Waals surface area (Å²) in [4.78, 5) is 19.8. The maximum absolute atomic E-state index is 12.8. The van der Waals surface area contributed by atoms with Crippen molar-refractivity contribution >= 4 is 22.1 Å². The van der Waals surface area contributed by atoms with Gasteiger partial charge in [0.25, 0.3) is 5.56 Å². The van der Waals surface area contributed by atoms with Gasteiger partial charge in [-0.3, -0.25) is 13.9 Å². The van der Waals surface area contributed by atoms with Crippen molar-refractivity contribution in [1.29, 1.82) is 0 Å². The summed E-state index contributed by atoms with van der Waals surface area (Å²) in [5.74, 6) is 0. The van der Waals surface area contributed by atoms with Gasteiger partial charge in [-0.25, -0.2) is 4.98 Å². The van der Waals surface area contributed by atoms with E-state index < -0.39 is 0 Å². The minimum atomic E-state index is -0.0679. The minimum absolute atomic E-state index is 0.0679. The Bertz CT molecular complexity index is 1300. The fourth-order valence-electron chi connectivity index (χ4n) is 3.78. The van der Waals surface area contributed by atoms with Gasteiger partial charge in [0.15, 0.2) is 0 Å². The van der Waals surface area contributed by atoms with Crippen molar-refractivity contribution in [2.45, 2.75) is 6.42 Å². The zero-order chi connectivity index (χ0) is 19.3. The smallest absolute Gasteiger partial charge is 0.258 e. The summed E-state index contributed by atoms with van der Waals surface area (Å²) in [6, 6.07) is 11.6. The van der Waals surface area contributed by atoms with E-state index in [0.29, 0.717) is 11.3 Å². The Hall–Kier alpha value is -3.25. The first-order valence-electron chi connectivity index (χ1n) is 9.42. The largest absolute Gasteiger partial charge is 0.302 e. The van der Waals surface area contributed by atoms with E-state index in [9.17, 15) is 4.79 Å². The SMILES string of the molecule is CN1CC=C(c2ccc3nc(-c4ccc5nn(C)cc5c4)cc(=O)n3c2)CC1. The number of hydrogen-bond donors (Lipinski definition) is 0. The number of likely N-dealkylation sites (N-methyl/N-ethyl adjacent to an activating group) is 1. The predicted molar refractivity (Wildman–Crippen MR) is 111 cm³/mol. The zero-order valence-corrected chi connectivity index (χ0v) is 16.0. The Morgan fingerprint density at radius 1 is 1.00 bits per heavy atom. The highest BCUT2D eigenvalue weighted by Gasteiger charge is 2.12. The number of fused-ring (bicyclic) bond motifs is 2. The number of rotatable bonds is 2. The highest BCUT2D eigenvalue weighted by Crippen LogP contribution is 2.24. The lowest BCUT2D eigenvalue weighted by Crippen LogP contribution is -2.24. The number of pyridine rings is 1. The Balaban J connectivity index is 1.58. The van der Waals surface area contributed by atoms with Gasteiger partial charge >= 0.3 is 0 Å². The molecule has 0 amide bonds. The van der Waals surface area contributed by atoms with Gasteiger partial charge in [-0.05, 0) is 48.9 Å². The van der Waals surface area contributed by atoms with Crippen LogP contribution in [0, 0.1) is 0 Å². The fourth-order valence-corrected chi connectivity index (χ4v) is 3.78. The molecule has 3 aromatic heterocycles. The summed E-state index contributed by atoms with van der Waals surface area (Å²) in [5, 5.41) is 5.43. The van der Waals surface area contributed by atoms with Gasteiger partial charge in [-0.1, -0.05) is 12.1 Å². The molecule has 4 aromatic rings. The second kappa shape index (κ2) is 6.42. The molecule has 1 aliphatic rings. The van der Waals surface area contributed by atoms with Crippen LogP contribution in [0.15, 0.2) is 59.7 Å². The van der Waals surface area contributed by atoms with Crippen molar-refractivity contribution in [1.82, 2.24) is 24.1 Å². The van der Waals surface area contributed by atoms with Crippen molar-refractivity contribution in [2.24, 2.45) is 7.05 Å². The van der Waals surface area contributed by atoms with Gasteiger partial charge in [0.1, 0.15) is 5.65 Å². The third-order valence-corrected chi connectivity index (χ3v) is 5.36. The number of benzene rings is 1. The molecule has 1 aliphatic heterocycles. The average molecular weight is 371 g/mol. The van der Waals surface area contributed by atoms with Crippen molar-refractivity contribution < 1.29 is 0 Å². The lowest BCUT2D eigenvalue weighted by Gasteiger charge is -2.22. The lowest BCUT2D eigenvalue weighted by atomic mass is 10.0. The molecule has 0 radical (unpaired) electrons. The van der Waals surface area contributed by atoms with Gasteiger partial charge in [0.2, 0.25) is 0 Å². The van der Waals surface area contributed by atoms with E-state index >= 15 is 0 Å². The van der Waals surface area contributed by atoms with E-state index in [1.165, 1.54) is 5.57 Å². The number of nitrogens with zero attached hydrogens (tertiary/aromatic N) is 5. The molecule has 0 aliphatic carbocycles. The lowest BCUT2D eigenvalue weighted by molar-refractivity contribution is 0.370. The van der Waals surface area contributed by atoms with Crippen LogP contribution in [0.2, 0.25) is 0 Å². The predicted octanol–water partition coefficient (Wildman–Crippen LogP) is 2.97. The van der Waals surface area contributed by atoms with Crippen molar-refractivity contribution in [2.75, 3.05) is 20.1 Å². The second-order valence-electron chi connectivity index (χ2n) is 7.44. The third kappa shape index (κ3) is 2.92. The zero-order valence-electron chi connectivity index (χ0n) is 16.0. The van der Waals surface area contributed by atoms with E-state index in [4.69, 9.17) is 4.98 Å². The van der Waals surface area contributed by atoms with Crippen molar-refractivity contribution in [3.63, 3.8) is 0 Å². The highest BCUT2D eigenvalue weighted by molar-refractivity contribution is 5.83. The molecule has 5 rings (SSSR count). The quantitative estimate of drug-likeness (QED) is 0.544. The van der Waals surface area contributed by atoms with Crippen molar-refractivity contribution in [3.8, 4) is 11.3 Å². The van der Waals surface area contributed by atoms with Gasteiger partial charge in [0.05, 0.1) is 11.2 Å². The molecule has 0 unspecified atom stereocenters. The van der Waals surface area contributed by atoms with Crippen LogP contribution in [-0.4, -0.2) is 44.2 Å². The molecule has 0 spiro atoms. The van der Waals surface area contributed by atoms with Crippen LogP contribution >= 0.6 is 0 Å². The minimum Gasteiger partial charge on any atom is -0.302 e. The second-order valence-corrected chi connectivity index (χ2v) is 7.44. The number of hydrogen-bond acceptors (Lipinski definition) is 4. The van der Waals surface area contributed by atoms with Crippen LogP contribution in [0.1, 0.15) is 12.0 Å². The molecule has 0 fully saturated rings. The van der Waals surface area contributed by atoms with Crippen LogP contribution in [0.3, 0.4) is 0 Å². The summed E-state index contributed by atoms with van der Waals surface area (Å²) in [6.07, 6.45) is 7.11. The highest BCUT2D eigenvalue weighted by atomic mass is 16.1. The molecule has 1 aromatic carbocycles. The molecule has 6 nitrogen and oxygen atoms in total. The van der Waals surface area contributed by atoms with Gasteiger partial charge in [0, 0.05) is 49.5 Å². The van der Waals surface area contributed by atoms with E-state index in [-0.39, 0.29) is 5.56 Å². The van der Waals surface area contributed by atoms with E-state index in [2.05, 4.69) is 29.2 Å². The first-order valence-corrected chi connectivity index (χ1v) is 9.42. The number of aromatic nitrogens is 4. The Labute approximate surface area is 162 Å². The fraction of sp³-hybridized carbons (Fsp3) is 0.227. The van der Waals surface area contributed by atoms with E-state index in [1.54, 1.807) is 15.1 Å². The Kier molecular flexibility index (Phi) is 3.87. The maximum Gasteiger partial charge on any atom is 0.258 e. The molecule has 0 bridgehead atoms. The summed E-state index contributed by atoms with van der Waals surface area (Å²) in [7, 11) is 4.02. The molecular formula is C22H21N5O. The molecular weight excluding hydrogens is 350 g/mol. The average Bonchev–Trinajstić information content (AvgIpc) is 3.07. The molecule has 0 N–H and O–H groups in total. The van der Waals surface area contributed by atoms with Crippen LogP contribution in [0.4, 0.5) is 0 Å². The summed E-state index contributed by atoms with van der Waals surface area (Å²) < 4.78 is 3.43. The van der Waals surface area contributed by atoms with Crippen LogP contribution in [0.25, 0.3) is 33.4 Å². The topological polar surface area (TPSA) is 55.4 Å². The van der Waals surface area contributed by atoms with Crippen LogP contribution in [0.5, 0.6) is 0 Å². The maximum atomic E-state index is 12.8. The molecule has 4 heterocycles. The first kappa shape index (κ1) is 16.9. The van der Waals surface area contributed by atoms with Crippen molar-refractivity contribution in [3.05, 3.63) is 70.8 Å². The van der Waals surface area contributed by atoms with Crippen LogP contribution in [-0.2, 0) is 7.05 Å². The molecule has 0 saturated heterocycles. The molecule has 28 heavy (non-hydrogen) atoms. The summed E-state index contributed by atoms with van der Waals surface area (Å²) >= 11 is 0. The summed E-state index contributed by atoms with van der Waals surface area (Å²) in [6.45, 7) is 1.98. The Morgan fingerprint density at radius 2 is 1.86 bits per heavy atom. The molecule has 0 saturated carbocycles. The number of aryl methyl sites for hydroxylation is 1. The van der Waals surface area contributed by atoms with E-state index in [0.717, 1.165) is 41.5 Å². The van der Waals surface area contributed by atoms with Gasteiger partial charge in [-0.2, -0.15) is 5.10 Å². The molecule has 6 heteroatoms. The standard InChI is InChI=1S/C22H21N5O/c1-25-9-7-15(8-10-25)17-4-6-21-23-20(12-22(28)27(21)14-17)16-3-5-19-18(11-16)13-26(2)24-19/h3-7,11-14H,8-10H2,1-2H3. The van der Waals surface area contributed by atoms with E-state index in [1.807, 2.05) is 43.7 Å². The Morgan fingerprint density at radius 3 is 2.68 bits per heavy atom. The summed E-state index contributed by atoms with van der Waals surface area (Å²) in [5.41, 5.74) is 5.50. The third-order valence-electron chi connectivity index (χ3n) is 5.36. The van der Waals surface area contributed by atoms with Crippen LogP contribution < -0.4 is 5.56 Å². The first-order chi connectivity index (χ1) is 13.6. The normalized spacial score (nSPS) is 15.3. The van der Waals surface area contributed by atoms with Gasteiger partial charge in [-0.15, -0.1) is 0 Å². The molecule has 0 atom stereocenters. The molecule has 140 valence electrons.